The molecule has 0 saturated heterocycles. The van der Waals surface area contributed by atoms with E-state index in [-0.39, 0.29) is 0 Å². The molecule has 0 amide bonds. The molecule has 18 heavy (non-hydrogen) atoms. The SMILES string of the molecule is CN(Cc1cscn1)Cc1ccc(CN)cc1Cl. The summed E-state index contributed by atoms with van der Waals surface area (Å²) in [5, 5.41) is 2.85. The minimum atomic E-state index is 0.522. The van der Waals surface area contributed by atoms with E-state index in [1.54, 1.807) is 11.3 Å². The van der Waals surface area contributed by atoms with Gasteiger partial charge in [-0.3, -0.25) is 4.90 Å². The lowest BCUT2D eigenvalue weighted by molar-refractivity contribution is 0.316. The number of benzene rings is 1. The molecule has 2 rings (SSSR count). The lowest BCUT2D eigenvalue weighted by Crippen LogP contribution is -2.17. The van der Waals surface area contributed by atoms with E-state index in [0.717, 1.165) is 34.9 Å². The Balaban J connectivity index is 2.00. The van der Waals surface area contributed by atoms with Gasteiger partial charge in [0.15, 0.2) is 0 Å². The van der Waals surface area contributed by atoms with Crippen LogP contribution in [0.5, 0.6) is 0 Å². The van der Waals surface area contributed by atoms with E-state index in [2.05, 4.69) is 22.3 Å². The second-order valence-corrected chi connectivity index (χ2v) is 5.41. The van der Waals surface area contributed by atoms with Crippen LogP contribution in [0, 0.1) is 0 Å². The van der Waals surface area contributed by atoms with Crippen LogP contribution in [0.4, 0.5) is 0 Å². The molecule has 0 aliphatic carbocycles. The van der Waals surface area contributed by atoms with Gasteiger partial charge in [-0.25, -0.2) is 4.98 Å². The Labute approximate surface area is 116 Å². The van der Waals surface area contributed by atoms with Gasteiger partial charge in [0.1, 0.15) is 0 Å². The molecule has 2 N–H and O–H groups in total. The molecule has 1 aromatic carbocycles. The molecule has 96 valence electrons. The Morgan fingerprint density at radius 3 is 2.83 bits per heavy atom. The summed E-state index contributed by atoms with van der Waals surface area (Å²) >= 11 is 7.86. The molecule has 5 heteroatoms. The van der Waals surface area contributed by atoms with E-state index < -0.39 is 0 Å². The van der Waals surface area contributed by atoms with Crippen LogP contribution in [0.25, 0.3) is 0 Å². The van der Waals surface area contributed by atoms with E-state index in [1.165, 1.54) is 0 Å². The fourth-order valence-corrected chi connectivity index (χ4v) is 2.60. The van der Waals surface area contributed by atoms with Crippen molar-refractivity contribution in [1.82, 2.24) is 9.88 Å². The van der Waals surface area contributed by atoms with Crippen LogP contribution in [0.2, 0.25) is 5.02 Å². The van der Waals surface area contributed by atoms with Gasteiger partial charge >= 0.3 is 0 Å². The van der Waals surface area contributed by atoms with Crippen molar-refractivity contribution in [2.75, 3.05) is 7.05 Å². The summed E-state index contributed by atoms with van der Waals surface area (Å²) in [7, 11) is 2.06. The first kappa shape index (κ1) is 13.5. The zero-order valence-electron chi connectivity index (χ0n) is 10.3. The lowest BCUT2D eigenvalue weighted by atomic mass is 10.1. The second-order valence-electron chi connectivity index (χ2n) is 4.28. The Morgan fingerprint density at radius 2 is 2.22 bits per heavy atom. The first-order chi connectivity index (χ1) is 8.69. The van der Waals surface area contributed by atoms with E-state index in [0.29, 0.717) is 6.54 Å². The average molecular weight is 282 g/mol. The minimum Gasteiger partial charge on any atom is -0.326 e. The first-order valence-electron chi connectivity index (χ1n) is 5.72. The molecular weight excluding hydrogens is 266 g/mol. The maximum absolute atomic E-state index is 6.24. The highest BCUT2D eigenvalue weighted by molar-refractivity contribution is 7.07. The van der Waals surface area contributed by atoms with Crippen molar-refractivity contribution in [2.45, 2.75) is 19.6 Å². The Morgan fingerprint density at radius 1 is 1.39 bits per heavy atom. The summed E-state index contributed by atoms with van der Waals surface area (Å²) < 4.78 is 0. The quantitative estimate of drug-likeness (QED) is 0.916. The van der Waals surface area contributed by atoms with E-state index in [1.807, 2.05) is 23.7 Å². The van der Waals surface area contributed by atoms with E-state index in [9.17, 15) is 0 Å². The zero-order chi connectivity index (χ0) is 13.0. The van der Waals surface area contributed by atoms with Crippen LogP contribution in [-0.2, 0) is 19.6 Å². The summed E-state index contributed by atoms with van der Waals surface area (Å²) in [5.41, 5.74) is 10.7. The number of aromatic nitrogens is 1. The monoisotopic (exact) mass is 281 g/mol. The Bertz CT molecular complexity index is 499. The van der Waals surface area contributed by atoms with Crippen molar-refractivity contribution in [3.63, 3.8) is 0 Å². The summed E-state index contributed by atoms with van der Waals surface area (Å²) in [5.74, 6) is 0. The van der Waals surface area contributed by atoms with Gasteiger partial charge in [0.2, 0.25) is 0 Å². The van der Waals surface area contributed by atoms with E-state index >= 15 is 0 Å². The topological polar surface area (TPSA) is 42.2 Å². The molecule has 0 saturated carbocycles. The van der Waals surface area contributed by atoms with Crippen LogP contribution in [0.3, 0.4) is 0 Å². The summed E-state index contributed by atoms with van der Waals surface area (Å²) in [6.07, 6.45) is 0. The minimum absolute atomic E-state index is 0.522. The fraction of sp³-hybridized carbons (Fsp3) is 0.308. The van der Waals surface area contributed by atoms with Crippen LogP contribution < -0.4 is 5.73 Å². The van der Waals surface area contributed by atoms with Crippen molar-refractivity contribution in [2.24, 2.45) is 5.73 Å². The summed E-state index contributed by atoms with van der Waals surface area (Å²) in [6, 6.07) is 6.01. The Kier molecular flexibility index (Phi) is 4.72. The van der Waals surface area contributed by atoms with Crippen molar-refractivity contribution < 1.29 is 0 Å². The molecular formula is C13H16ClN3S. The number of halogens is 1. The third-order valence-electron chi connectivity index (χ3n) is 2.71. The third-order valence-corrected chi connectivity index (χ3v) is 3.70. The first-order valence-corrected chi connectivity index (χ1v) is 7.04. The molecule has 0 aliphatic heterocycles. The molecule has 0 bridgehead atoms. The molecule has 1 aromatic heterocycles. The smallest absolute Gasteiger partial charge is 0.0795 e. The van der Waals surface area contributed by atoms with Crippen LogP contribution >= 0.6 is 22.9 Å². The molecule has 0 atom stereocenters. The highest BCUT2D eigenvalue weighted by atomic mass is 35.5. The van der Waals surface area contributed by atoms with Crippen molar-refractivity contribution in [3.8, 4) is 0 Å². The largest absolute Gasteiger partial charge is 0.326 e. The van der Waals surface area contributed by atoms with Gasteiger partial charge in [0.25, 0.3) is 0 Å². The molecule has 0 unspecified atom stereocenters. The number of nitrogens with zero attached hydrogens (tertiary/aromatic N) is 2. The average Bonchev–Trinajstić information content (AvgIpc) is 2.84. The van der Waals surface area contributed by atoms with Crippen LogP contribution in [0.15, 0.2) is 29.1 Å². The highest BCUT2D eigenvalue weighted by Gasteiger charge is 2.07. The molecule has 0 fully saturated rings. The molecule has 1 heterocycles. The number of hydrogen-bond acceptors (Lipinski definition) is 4. The number of nitrogens with two attached hydrogens (primary N) is 1. The number of rotatable bonds is 5. The van der Waals surface area contributed by atoms with Gasteiger partial charge < -0.3 is 5.73 Å². The van der Waals surface area contributed by atoms with Gasteiger partial charge in [-0.05, 0) is 24.2 Å². The normalized spacial score (nSPS) is 11.1. The molecule has 0 spiro atoms. The maximum atomic E-state index is 6.24. The third kappa shape index (κ3) is 3.53. The van der Waals surface area contributed by atoms with Crippen LogP contribution in [-0.4, -0.2) is 16.9 Å². The van der Waals surface area contributed by atoms with Crippen molar-refractivity contribution in [1.29, 1.82) is 0 Å². The molecule has 0 radical (unpaired) electrons. The zero-order valence-corrected chi connectivity index (χ0v) is 11.8. The standard InChI is InChI=1S/C13H16ClN3S/c1-17(7-12-8-18-9-16-12)6-11-3-2-10(5-15)4-13(11)14/h2-4,8-9H,5-7,15H2,1H3. The maximum Gasteiger partial charge on any atom is 0.0795 e. The van der Waals surface area contributed by atoms with Crippen molar-refractivity contribution >= 4 is 22.9 Å². The fourth-order valence-electron chi connectivity index (χ4n) is 1.78. The van der Waals surface area contributed by atoms with Gasteiger partial charge in [0, 0.05) is 30.0 Å². The van der Waals surface area contributed by atoms with Crippen LogP contribution in [0.1, 0.15) is 16.8 Å². The highest BCUT2D eigenvalue weighted by Crippen LogP contribution is 2.19. The van der Waals surface area contributed by atoms with Gasteiger partial charge in [-0.15, -0.1) is 11.3 Å². The van der Waals surface area contributed by atoms with Gasteiger partial charge in [0.05, 0.1) is 11.2 Å². The predicted octanol–water partition coefficient (Wildman–Crippen LogP) is 2.89. The molecule has 0 aliphatic rings. The lowest BCUT2D eigenvalue weighted by Gasteiger charge is -2.16. The number of thiazole rings is 1. The summed E-state index contributed by atoms with van der Waals surface area (Å²) in [6.45, 7) is 2.16. The number of hydrogen-bond donors (Lipinski definition) is 1. The van der Waals surface area contributed by atoms with E-state index in [4.69, 9.17) is 17.3 Å². The molecule has 2 aromatic rings. The predicted molar refractivity (Wildman–Crippen MR) is 76.6 cm³/mol. The van der Waals surface area contributed by atoms with Gasteiger partial charge in [-0.1, -0.05) is 23.7 Å². The Hall–Kier alpha value is -0.940. The molecule has 3 nitrogen and oxygen atoms in total. The van der Waals surface area contributed by atoms with Crippen molar-refractivity contribution in [3.05, 3.63) is 50.9 Å². The van der Waals surface area contributed by atoms with Gasteiger partial charge in [-0.2, -0.15) is 0 Å². The summed E-state index contributed by atoms with van der Waals surface area (Å²) in [4.78, 5) is 6.47. The second kappa shape index (κ2) is 6.29.